The van der Waals surface area contributed by atoms with E-state index in [1.165, 1.54) is 76.2 Å². The van der Waals surface area contributed by atoms with Gasteiger partial charge in [0.1, 0.15) is 0 Å². The average molecular weight is 523 g/mol. The van der Waals surface area contributed by atoms with Gasteiger partial charge in [-0.3, -0.25) is 4.79 Å². The Morgan fingerprint density at radius 2 is 1.11 bits per heavy atom. The average Bonchev–Trinajstić information content (AvgIpc) is 2.81. The molecule has 0 N–H and O–H groups in total. The number of hydrogen-bond donors (Lipinski definition) is 0. The number of allylic oxidation sites excluding steroid dienone is 1. The molecule has 5 unspecified atom stereocenters. The van der Waals surface area contributed by atoms with E-state index in [0.717, 1.165) is 30.1 Å². The van der Waals surface area contributed by atoms with E-state index < -0.39 is 0 Å². The van der Waals surface area contributed by atoms with Crippen LogP contribution in [0.4, 0.5) is 0 Å². The minimum Gasteiger partial charge on any atom is -0.469 e. The maximum Gasteiger partial charge on any atom is 0.313 e. The molecule has 214 valence electrons. The largest absolute Gasteiger partial charge is 0.469 e. The molecule has 0 aromatic carbocycles. The fraction of sp³-hybridized carbons (Fsp3) is 0.917. The second-order valence-corrected chi connectivity index (χ2v) is 17.4. The van der Waals surface area contributed by atoms with Gasteiger partial charge in [0.25, 0.3) is 0 Å². The molecule has 0 radical (unpaired) electrons. The first kappa shape index (κ1) is 27.4. The molecule has 0 saturated heterocycles. The van der Waals surface area contributed by atoms with Crippen molar-refractivity contribution >= 4 is 5.97 Å². The lowest BCUT2D eigenvalue weighted by Gasteiger charge is -2.74. The number of hydrogen-bond acceptors (Lipinski definition) is 2. The van der Waals surface area contributed by atoms with Crippen LogP contribution in [0.25, 0.3) is 0 Å². The summed E-state index contributed by atoms with van der Waals surface area (Å²) in [5, 5.41) is 0. The molecular weight excluding hydrogens is 464 g/mol. The fourth-order valence-corrected chi connectivity index (χ4v) is 14.5. The van der Waals surface area contributed by atoms with Gasteiger partial charge in [-0.15, -0.1) is 0 Å². The molecule has 0 aromatic rings. The minimum atomic E-state index is -0.0623. The molecule has 5 fully saturated rings. The Hall–Kier alpha value is -0.790. The molecule has 6 aliphatic carbocycles. The van der Waals surface area contributed by atoms with Gasteiger partial charge < -0.3 is 4.74 Å². The van der Waals surface area contributed by atoms with Crippen molar-refractivity contribution in [2.24, 2.45) is 68.0 Å². The number of fused-ring (bicyclic) bond motifs is 9. The lowest BCUT2D eigenvalue weighted by atomic mass is 9.31. The van der Waals surface area contributed by atoms with Gasteiger partial charge in [-0.2, -0.15) is 0 Å². The van der Waals surface area contributed by atoms with E-state index in [1.54, 1.807) is 7.11 Å². The van der Waals surface area contributed by atoms with Gasteiger partial charge in [-0.25, -0.2) is 0 Å². The molecule has 0 aromatic heterocycles. The van der Waals surface area contributed by atoms with Crippen LogP contribution in [0, 0.1) is 68.0 Å². The molecular formula is C36H58O2. The highest BCUT2D eigenvalue weighted by molar-refractivity contribution is 5.77. The maximum atomic E-state index is 13.1. The van der Waals surface area contributed by atoms with E-state index in [-0.39, 0.29) is 17.3 Å². The summed E-state index contributed by atoms with van der Waals surface area (Å²) >= 11 is 0. The zero-order chi connectivity index (χ0) is 27.5. The Bertz CT molecular complexity index is 1020. The van der Waals surface area contributed by atoms with Crippen molar-refractivity contribution < 1.29 is 9.53 Å². The maximum absolute atomic E-state index is 13.1. The first-order chi connectivity index (χ1) is 17.7. The Labute approximate surface area is 234 Å². The van der Waals surface area contributed by atoms with Gasteiger partial charge in [0, 0.05) is 0 Å². The van der Waals surface area contributed by atoms with Crippen LogP contribution in [0.3, 0.4) is 0 Å². The monoisotopic (exact) mass is 522 g/mol. The predicted octanol–water partition coefficient (Wildman–Crippen LogP) is 9.62. The van der Waals surface area contributed by atoms with E-state index >= 15 is 0 Å². The van der Waals surface area contributed by atoms with Crippen molar-refractivity contribution in [2.45, 2.75) is 132 Å². The Morgan fingerprint density at radius 1 is 0.658 bits per heavy atom. The molecule has 6 aliphatic rings. The molecule has 0 aliphatic heterocycles. The lowest BCUT2D eigenvalue weighted by Crippen LogP contribution is -2.67. The van der Waals surface area contributed by atoms with Gasteiger partial charge in [-0.1, -0.05) is 66.5 Å². The number of carbonyl (C=O) groups excluding carboxylic acids is 1. The first-order valence-electron chi connectivity index (χ1n) is 16.4. The van der Waals surface area contributed by atoms with Crippen molar-refractivity contribution in [3.63, 3.8) is 0 Å². The molecule has 11 atom stereocenters. The van der Waals surface area contributed by atoms with Crippen LogP contribution >= 0.6 is 0 Å². The van der Waals surface area contributed by atoms with Crippen LogP contribution in [0.15, 0.2) is 11.6 Å². The molecule has 2 heteroatoms. The minimum absolute atomic E-state index is 0.00123. The highest BCUT2D eigenvalue weighted by atomic mass is 16.5. The molecule has 2 nitrogen and oxygen atoms in total. The van der Waals surface area contributed by atoms with Crippen LogP contribution in [-0.2, 0) is 9.53 Å². The molecule has 0 amide bonds. The number of carbonyl (C=O) groups is 1. The first-order valence-corrected chi connectivity index (χ1v) is 16.4. The zero-order valence-corrected chi connectivity index (χ0v) is 26.3. The number of ether oxygens (including phenoxy) is 1. The number of esters is 1. The third kappa shape index (κ3) is 3.27. The summed E-state index contributed by atoms with van der Waals surface area (Å²) in [6.07, 6.45) is 18.9. The Morgan fingerprint density at radius 3 is 1.63 bits per heavy atom. The summed E-state index contributed by atoms with van der Waals surface area (Å²) in [5.74, 6) is 3.96. The van der Waals surface area contributed by atoms with Gasteiger partial charge in [0.2, 0.25) is 0 Å². The zero-order valence-electron chi connectivity index (χ0n) is 26.3. The summed E-state index contributed by atoms with van der Waals surface area (Å²) in [6.45, 7) is 20.8. The third-order valence-electron chi connectivity index (χ3n) is 15.8. The number of rotatable bonds is 1. The van der Waals surface area contributed by atoms with Gasteiger partial charge in [0.15, 0.2) is 0 Å². The van der Waals surface area contributed by atoms with E-state index in [9.17, 15) is 4.79 Å². The smallest absolute Gasteiger partial charge is 0.313 e. The van der Waals surface area contributed by atoms with Crippen LogP contribution in [0.2, 0.25) is 0 Å². The van der Waals surface area contributed by atoms with Crippen molar-refractivity contribution in [3.8, 4) is 0 Å². The Kier molecular flexibility index (Phi) is 6.04. The summed E-state index contributed by atoms with van der Waals surface area (Å²) in [6, 6.07) is 0. The molecule has 38 heavy (non-hydrogen) atoms. The quantitative estimate of drug-likeness (QED) is 0.253. The van der Waals surface area contributed by atoms with Gasteiger partial charge >= 0.3 is 5.97 Å². The van der Waals surface area contributed by atoms with Crippen LogP contribution < -0.4 is 0 Å². The molecule has 6 rings (SSSR count). The predicted molar refractivity (Wildman–Crippen MR) is 156 cm³/mol. The van der Waals surface area contributed by atoms with Crippen LogP contribution in [0.5, 0.6) is 0 Å². The third-order valence-corrected chi connectivity index (χ3v) is 15.8. The summed E-state index contributed by atoms with van der Waals surface area (Å²) < 4.78 is 5.41. The van der Waals surface area contributed by atoms with E-state index in [0.29, 0.717) is 33.0 Å². The molecule has 5 saturated carbocycles. The van der Waals surface area contributed by atoms with Crippen LogP contribution in [0.1, 0.15) is 132 Å². The van der Waals surface area contributed by atoms with Crippen molar-refractivity contribution in [1.82, 2.24) is 0 Å². The van der Waals surface area contributed by atoms with E-state index in [2.05, 4.69) is 61.5 Å². The standard InChI is InChI=1S/C36H58O2/c1-23-11-12-25-33(5)20-15-27-34(6)19-13-24-31(2,3)17-10-18-32(24,4)26(34)14-21-35(27,7)28(33)16-22-36(25,8)29(23)30(37)38-9/h11,24-29H,10,12-22H2,1-9H3/t24?,25?,26?,27?,28?,29-,32+,33+,34-,35+,36+/m1/s1. The van der Waals surface area contributed by atoms with Gasteiger partial charge in [-0.05, 0) is 140 Å². The number of methoxy groups -OCH3 is 1. The molecule has 0 bridgehead atoms. The molecule has 0 heterocycles. The van der Waals surface area contributed by atoms with E-state index in [1.807, 2.05) is 0 Å². The molecule has 0 spiro atoms. The normalized spacial score (nSPS) is 55.2. The van der Waals surface area contributed by atoms with E-state index in [4.69, 9.17) is 4.74 Å². The van der Waals surface area contributed by atoms with Crippen molar-refractivity contribution in [3.05, 3.63) is 11.6 Å². The van der Waals surface area contributed by atoms with Crippen molar-refractivity contribution in [1.29, 1.82) is 0 Å². The topological polar surface area (TPSA) is 26.3 Å². The second kappa shape index (κ2) is 8.38. The SMILES string of the molecule is COC(=O)[C@H]1C(C)=CCC2[C@]3(C)CCC4[C@]5(C)CCC6C(C)(C)CCC[C@]6(C)C5CC[C@]4(C)C3CC[C@@]21C. The highest BCUT2D eigenvalue weighted by Crippen LogP contribution is 2.77. The lowest BCUT2D eigenvalue weighted by molar-refractivity contribution is -0.248. The summed E-state index contributed by atoms with van der Waals surface area (Å²) in [5.41, 5.74) is 3.57. The summed E-state index contributed by atoms with van der Waals surface area (Å²) in [7, 11) is 1.59. The van der Waals surface area contributed by atoms with Crippen molar-refractivity contribution in [2.75, 3.05) is 7.11 Å². The van der Waals surface area contributed by atoms with Gasteiger partial charge in [0.05, 0.1) is 13.0 Å². The second-order valence-electron chi connectivity index (χ2n) is 17.4. The Balaban J connectivity index is 1.35. The fourth-order valence-electron chi connectivity index (χ4n) is 14.5. The highest BCUT2D eigenvalue weighted by Gasteiger charge is 2.70. The summed E-state index contributed by atoms with van der Waals surface area (Å²) in [4.78, 5) is 13.1. The van der Waals surface area contributed by atoms with Crippen LogP contribution in [-0.4, -0.2) is 13.1 Å².